The summed E-state index contributed by atoms with van der Waals surface area (Å²) in [5.74, 6) is 1.36. The fourth-order valence-corrected chi connectivity index (χ4v) is 3.35. The quantitative estimate of drug-likeness (QED) is 0.723. The Morgan fingerprint density at radius 1 is 1.15 bits per heavy atom. The molecule has 0 aliphatic rings. The molecule has 0 aliphatic heterocycles. The Kier molecular flexibility index (Phi) is 7.57. The molecule has 0 saturated heterocycles. The molecule has 2 rings (SSSR count). The number of nitrogens with one attached hydrogen (secondary N) is 1. The van der Waals surface area contributed by atoms with Gasteiger partial charge in [0.2, 0.25) is 11.0 Å². The SMILES string of the molecule is CC(C)[C@H](C)NC(=O)CCN(c1nc(Cc2ccccc2)ns1)C(C)C. The van der Waals surface area contributed by atoms with E-state index in [2.05, 4.69) is 54.4 Å². The molecule has 0 spiro atoms. The number of hydrogen-bond donors (Lipinski definition) is 1. The van der Waals surface area contributed by atoms with Crippen LogP contribution in [0.5, 0.6) is 0 Å². The number of amides is 1. The minimum Gasteiger partial charge on any atom is -0.353 e. The molecular weight excluding hydrogens is 344 g/mol. The van der Waals surface area contributed by atoms with Crippen molar-refractivity contribution in [1.29, 1.82) is 0 Å². The van der Waals surface area contributed by atoms with Gasteiger partial charge in [0.05, 0.1) is 0 Å². The normalized spacial score (nSPS) is 12.4. The van der Waals surface area contributed by atoms with Crippen molar-refractivity contribution >= 4 is 22.6 Å². The maximum absolute atomic E-state index is 12.2. The summed E-state index contributed by atoms with van der Waals surface area (Å²) in [7, 11) is 0. The Bertz CT molecular complexity index is 684. The van der Waals surface area contributed by atoms with Gasteiger partial charge in [-0.3, -0.25) is 4.79 Å². The Balaban J connectivity index is 1.96. The molecule has 142 valence electrons. The maximum Gasteiger partial charge on any atom is 0.221 e. The van der Waals surface area contributed by atoms with E-state index in [9.17, 15) is 4.79 Å². The summed E-state index contributed by atoms with van der Waals surface area (Å²) in [6, 6.07) is 10.7. The zero-order valence-corrected chi connectivity index (χ0v) is 17.2. The number of carbonyl (C=O) groups is 1. The summed E-state index contributed by atoms with van der Waals surface area (Å²) in [4.78, 5) is 19.0. The number of nitrogens with zero attached hydrogens (tertiary/aromatic N) is 3. The van der Waals surface area contributed by atoms with Gasteiger partial charge in [0, 0.05) is 43.0 Å². The minimum absolute atomic E-state index is 0.0888. The van der Waals surface area contributed by atoms with Gasteiger partial charge < -0.3 is 10.2 Å². The van der Waals surface area contributed by atoms with Gasteiger partial charge in [0.1, 0.15) is 5.82 Å². The van der Waals surface area contributed by atoms with Crippen molar-refractivity contribution in [2.75, 3.05) is 11.4 Å². The summed E-state index contributed by atoms with van der Waals surface area (Å²) >= 11 is 1.41. The van der Waals surface area contributed by atoms with Crippen LogP contribution in [0.25, 0.3) is 0 Å². The van der Waals surface area contributed by atoms with Gasteiger partial charge in [0.15, 0.2) is 0 Å². The van der Waals surface area contributed by atoms with Crippen LogP contribution >= 0.6 is 11.5 Å². The first kappa shape index (κ1) is 20.4. The Hall–Kier alpha value is -1.95. The Labute approximate surface area is 161 Å². The summed E-state index contributed by atoms with van der Waals surface area (Å²) in [6.45, 7) is 11.2. The number of benzene rings is 1. The van der Waals surface area contributed by atoms with Crippen LogP contribution in [-0.2, 0) is 11.2 Å². The van der Waals surface area contributed by atoms with Crippen molar-refractivity contribution in [3.63, 3.8) is 0 Å². The van der Waals surface area contributed by atoms with E-state index < -0.39 is 0 Å². The third kappa shape index (κ3) is 6.09. The van der Waals surface area contributed by atoms with Crippen molar-refractivity contribution < 1.29 is 4.79 Å². The molecule has 1 aromatic heterocycles. The van der Waals surface area contributed by atoms with Crippen LogP contribution in [0.15, 0.2) is 30.3 Å². The summed E-state index contributed by atoms with van der Waals surface area (Å²) in [5.41, 5.74) is 1.20. The van der Waals surface area contributed by atoms with Crippen molar-refractivity contribution in [3.8, 4) is 0 Å². The predicted molar refractivity (Wildman–Crippen MR) is 109 cm³/mol. The van der Waals surface area contributed by atoms with Crippen LogP contribution in [-0.4, -0.2) is 33.9 Å². The van der Waals surface area contributed by atoms with Gasteiger partial charge in [-0.25, -0.2) is 4.98 Å². The van der Waals surface area contributed by atoms with Crippen LogP contribution in [0.2, 0.25) is 0 Å². The first-order valence-electron chi connectivity index (χ1n) is 9.29. The van der Waals surface area contributed by atoms with E-state index in [1.54, 1.807) is 0 Å². The smallest absolute Gasteiger partial charge is 0.221 e. The fraction of sp³-hybridized carbons (Fsp3) is 0.550. The van der Waals surface area contributed by atoms with Crippen LogP contribution in [0.3, 0.4) is 0 Å². The molecule has 0 bridgehead atoms. The van der Waals surface area contributed by atoms with E-state index in [-0.39, 0.29) is 18.0 Å². The van der Waals surface area contributed by atoms with Crippen LogP contribution < -0.4 is 10.2 Å². The van der Waals surface area contributed by atoms with Crippen LogP contribution in [0, 0.1) is 5.92 Å². The zero-order chi connectivity index (χ0) is 19.1. The topological polar surface area (TPSA) is 58.1 Å². The third-order valence-electron chi connectivity index (χ3n) is 4.50. The van der Waals surface area contributed by atoms with Crippen molar-refractivity contribution in [2.45, 2.75) is 59.5 Å². The molecule has 0 aliphatic carbocycles. The van der Waals surface area contributed by atoms with E-state index in [1.807, 2.05) is 25.1 Å². The first-order valence-corrected chi connectivity index (χ1v) is 10.1. The summed E-state index contributed by atoms with van der Waals surface area (Å²) < 4.78 is 4.50. The van der Waals surface area contributed by atoms with E-state index >= 15 is 0 Å². The second-order valence-electron chi connectivity index (χ2n) is 7.29. The first-order chi connectivity index (χ1) is 12.4. The van der Waals surface area contributed by atoms with E-state index in [0.717, 1.165) is 17.4 Å². The number of aromatic nitrogens is 2. The highest BCUT2D eigenvalue weighted by Crippen LogP contribution is 2.21. The highest BCUT2D eigenvalue weighted by Gasteiger charge is 2.18. The molecule has 0 fully saturated rings. The second kappa shape index (κ2) is 9.67. The highest BCUT2D eigenvalue weighted by molar-refractivity contribution is 7.09. The molecule has 1 amide bonds. The average Bonchev–Trinajstić information content (AvgIpc) is 3.03. The van der Waals surface area contributed by atoms with Crippen LogP contribution in [0.4, 0.5) is 5.13 Å². The minimum atomic E-state index is 0.0888. The lowest BCUT2D eigenvalue weighted by atomic mass is 10.1. The molecule has 6 heteroatoms. The lowest BCUT2D eigenvalue weighted by molar-refractivity contribution is -0.121. The molecule has 0 unspecified atom stereocenters. The van der Waals surface area contributed by atoms with Gasteiger partial charge in [-0.1, -0.05) is 44.2 Å². The van der Waals surface area contributed by atoms with Crippen molar-refractivity contribution in [2.24, 2.45) is 5.92 Å². The molecular formula is C20H30N4OS. The number of hydrogen-bond acceptors (Lipinski definition) is 5. The molecule has 1 N–H and O–H groups in total. The Morgan fingerprint density at radius 2 is 1.85 bits per heavy atom. The number of carbonyl (C=O) groups excluding carboxylic acids is 1. The molecule has 0 saturated carbocycles. The van der Waals surface area contributed by atoms with E-state index in [1.165, 1.54) is 17.1 Å². The van der Waals surface area contributed by atoms with E-state index in [0.29, 0.717) is 18.9 Å². The number of rotatable bonds is 9. The molecule has 1 aromatic carbocycles. The lowest BCUT2D eigenvalue weighted by Crippen LogP contribution is -2.39. The zero-order valence-electron chi connectivity index (χ0n) is 16.4. The van der Waals surface area contributed by atoms with Crippen LogP contribution in [0.1, 0.15) is 52.4 Å². The average molecular weight is 375 g/mol. The van der Waals surface area contributed by atoms with Gasteiger partial charge >= 0.3 is 0 Å². The predicted octanol–water partition coefficient (Wildman–Crippen LogP) is 3.89. The molecule has 2 aromatic rings. The van der Waals surface area contributed by atoms with Crippen molar-refractivity contribution in [1.82, 2.24) is 14.7 Å². The van der Waals surface area contributed by atoms with Crippen molar-refractivity contribution in [3.05, 3.63) is 41.7 Å². The molecule has 5 nitrogen and oxygen atoms in total. The fourth-order valence-electron chi connectivity index (χ4n) is 2.50. The second-order valence-corrected chi connectivity index (χ2v) is 8.02. The molecule has 26 heavy (non-hydrogen) atoms. The van der Waals surface area contributed by atoms with Gasteiger partial charge in [0.25, 0.3) is 0 Å². The molecule has 1 heterocycles. The molecule has 0 radical (unpaired) electrons. The summed E-state index contributed by atoms with van der Waals surface area (Å²) in [5, 5.41) is 3.95. The Morgan fingerprint density at radius 3 is 2.46 bits per heavy atom. The van der Waals surface area contributed by atoms with Gasteiger partial charge in [-0.05, 0) is 32.3 Å². The largest absolute Gasteiger partial charge is 0.353 e. The maximum atomic E-state index is 12.2. The molecule has 1 atom stereocenters. The third-order valence-corrected chi connectivity index (χ3v) is 5.29. The van der Waals surface area contributed by atoms with E-state index in [4.69, 9.17) is 4.98 Å². The highest BCUT2D eigenvalue weighted by atomic mass is 32.1. The van der Waals surface area contributed by atoms with Gasteiger partial charge in [-0.2, -0.15) is 4.37 Å². The van der Waals surface area contributed by atoms with Gasteiger partial charge in [-0.15, -0.1) is 0 Å². The standard InChI is InChI=1S/C20H30N4OS/c1-14(2)16(5)21-19(25)11-12-24(15(3)4)20-22-18(23-26-20)13-17-9-7-6-8-10-17/h6-10,14-16H,11-13H2,1-5H3,(H,21,25)/t16-/m0/s1. The lowest BCUT2D eigenvalue weighted by Gasteiger charge is -2.26. The summed E-state index contributed by atoms with van der Waals surface area (Å²) in [6.07, 6.45) is 1.19. The monoisotopic (exact) mass is 374 g/mol. The number of anilines is 1.